The van der Waals surface area contributed by atoms with Gasteiger partial charge < -0.3 is 18.9 Å². The van der Waals surface area contributed by atoms with Crippen LogP contribution in [0.5, 0.6) is 11.5 Å². The van der Waals surface area contributed by atoms with Crippen molar-refractivity contribution >= 4 is 15.9 Å². The van der Waals surface area contributed by atoms with Crippen molar-refractivity contribution in [3.8, 4) is 11.5 Å². The average molecular weight is 331 g/mol. The van der Waals surface area contributed by atoms with Crippen LogP contribution in [0, 0.1) is 0 Å². The Hall–Kier alpha value is -0.780. The highest BCUT2D eigenvalue weighted by Gasteiger charge is 2.40. The fourth-order valence-electron chi connectivity index (χ4n) is 2.32. The Balaban J connectivity index is 2.44. The van der Waals surface area contributed by atoms with Gasteiger partial charge in [-0.2, -0.15) is 0 Å². The van der Waals surface area contributed by atoms with Crippen molar-refractivity contribution in [2.45, 2.75) is 38.8 Å². The number of ether oxygens (including phenoxy) is 4. The second-order valence-corrected chi connectivity index (χ2v) is 5.79. The SMILES string of the molecule is COc1cc(OC)c(Br)c([C@@H]2OC(C)(C)O[C@H]2C)c1. The molecule has 5 heteroatoms. The summed E-state index contributed by atoms with van der Waals surface area (Å²) in [5.74, 6) is 0.866. The molecule has 1 aliphatic rings. The maximum absolute atomic E-state index is 5.96. The Morgan fingerprint density at radius 2 is 1.84 bits per heavy atom. The van der Waals surface area contributed by atoms with Crippen LogP contribution in [-0.2, 0) is 9.47 Å². The zero-order valence-corrected chi connectivity index (χ0v) is 13.4. The molecule has 1 heterocycles. The standard InChI is InChI=1S/C14H19BrO4/c1-8-13(19-14(2,3)18-8)10-6-9(16-4)7-11(17-5)12(10)15/h6-8,13H,1-5H3/t8-,13+/m0/s1. The highest BCUT2D eigenvalue weighted by molar-refractivity contribution is 9.10. The normalized spacial score (nSPS) is 25.4. The molecule has 2 rings (SSSR count). The molecule has 0 N–H and O–H groups in total. The first-order chi connectivity index (χ1) is 8.88. The lowest BCUT2D eigenvalue weighted by Gasteiger charge is -2.19. The maximum Gasteiger partial charge on any atom is 0.164 e. The number of benzene rings is 1. The summed E-state index contributed by atoms with van der Waals surface area (Å²) in [6.45, 7) is 5.82. The van der Waals surface area contributed by atoms with Crippen LogP contribution in [0.1, 0.15) is 32.4 Å². The van der Waals surface area contributed by atoms with Gasteiger partial charge in [-0.05, 0) is 42.8 Å². The van der Waals surface area contributed by atoms with Crippen LogP contribution in [0.15, 0.2) is 16.6 Å². The van der Waals surface area contributed by atoms with E-state index in [4.69, 9.17) is 18.9 Å². The molecule has 1 aromatic carbocycles. The number of hydrogen-bond acceptors (Lipinski definition) is 4. The molecule has 19 heavy (non-hydrogen) atoms. The van der Waals surface area contributed by atoms with Crippen LogP contribution in [0.3, 0.4) is 0 Å². The van der Waals surface area contributed by atoms with E-state index in [2.05, 4.69) is 15.9 Å². The Kier molecular flexibility index (Phi) is 4.08. The summed E-state index contributed by atoms with van der Waals surface area (Å²) in [6, 6.07) is 3.78. The Labute approximate surface area is 122 Å². The third-order valence-electron chi connectivity index (χ3n) is 3.11. The van der Waals surface area contributed by atoms with E-state index in [1.165, 1.54) is 0 Å². The van der Waals surface area contributed by atoms with Crippen molar-refractivity contribution in [1.82, 2.24) is 0 Å². The van der Waals surface area contributed by atoms with E-state index in [9.17, 15) is 0 Å². The van der Waals surface area contributed by atoms with Crippen LogP contribution < -0.4 is 9.47 Å². The van der Waals surface area contributed by atoms with Gasteiger partial charge >= 0.3 is 0 Å². The summed E-state index contributed by atoms with van der Waals surface area (Å²) in [7, 11) is 3.26. The summed E-state index contributed by atoms with van der Waals surface area (Å²) < 4.78 is 23.3. The monoisotopic (exact) mass is 330 g/mol. The minimum absolute atomic E-state index is 0.0388. The van der Waals surface area contributed by atoms with Crippen molar-refractivity contribution in [2.75, 3.05) is 14.2 Å². The maximum atomic E-state index is 5.96. The lowest BCUT2D eigenvalue weighted by molar-refractivity contribution is -0.145. The van der Waals surface area contributed by atoms with Crippen LogP contribution in [0.2, 0.25) is 0 Å². The summed E-state index contributed by atoms with van der Waals surface area (Å²) in [5.41, 5.74) is 0.967. The minimum atomic E-state index is -0.583. The highest BCUT2D eigenvalue weighted by atomic mass is 79.9. The van der Waals surface area contributed by atoms with Crippen molar-refractivity contribution in [1.29, 1.82) is 0 Å². The van der Waals surface area contributed by atoms with Crippen molar-refractivity contribution in [3.63, 3.8) is 0 Å². The molecule has 2 atom stereocenters. The van der Waals surface area contributed by atoms with Gasteiger partial charge in [-0.15, -0.1) is 0 Å². The summed E-state index contributed by atoms with van der Waals surface area (Å²) >= 11 is 3.56. The molecule has 1 aliphatic heterocycles. The molecule has 0 aliphatic carbocycles. The zero-order valence-electron chi connectivity index (χ0n) is 11.8. The second-order valence-electron chi connectivity index (χ2n) is 4.99. The molecule has 0 unspecified atom stereocenters. The first-order valence-electron chi connectivity index (χ1n) is 6.15. The summed E-state index contributed by atoms with van der Waals surface area (Å²) in [4.78, 5) is 0. The van der Waals surface area contributed by atoms with Crippen LogP contribution >= 0.6 is 15.9 Å². The largest absolute Gasteiger partial charge is 0.497 e. The zero-order chi connectivity index (χ0) is 14.2. The third kappa shape index (κ3) is 2.88. The van der Waals surface area contributed by atoms with E-state index in [0.29, 0.717) is 0 Å². The first kappa shape index (κ1) is 14.6. The molecular weight excluding hydrogens is 312 g/mol. The number of rotatable bonds is 3. The predicted molar refractivity (Wildman–Crippen MR) is 75.7 cm³/mol. The number of halogens is 1. The number of hydrogen-bond donors (Lipinski definition) is 0. The van der Waals surface area contributed by atoms with Gasteiger partial charge in [-0.25, -0.2) is 0 Å². The Morgan fingerprint density at radius 1 is 1.16 bits per heavy atom. The van der Waals surface area contributed by atoms with Crippen LogP contribution in [0.25, 0.3) is 0 Å². The molecule has 1 aromatic rings. The highest BCUT2D eigenvalue weighted by Crippen LogP contribution is 2.44. The minimum Gasteiger partial charge on any atom is -0.497 e. The van der Waals surface area contributed by atoms with Gasteiger partial charge in [0.05, 0.1) is 24.8 Å². The number of methoxy groups -OCH3 is 2. The smallest absolute Gasteiger partial charge is 0.164 e. The van der Waals surface area contributed by atoms with Gasteiger partial charge in [0, 0.05) is 11.6 Å². The van der Waals surface area contributed by atoms with Crippen molar-refractivity contribution in [3.05, 3.63) is 22.2 Å². The van der Waals surface area contributed by atoms with Gasteiger partial charge in [0.1, 0.15) is 17.6 Å². The fourth-order valence-corrected chi connectivity index (χ4v) is 2.94. The van der Waals surface area contributed by atoms with E-state index in [-0.39, 0.29) is 12.2 Å². The van der Waals surface area contributed by atoms with E-state index >= 15 is 0 Å². The fraction of sp³-hybridized carbons (Fsp3) is 0.571. The van der Waals surface area contributed by atoms with Gasteiger partial charge in [-0.3, -0.25) is 0 Å². The molecule has 1 saturated heterocycles. The molecule has 0 aromatic heterocycles. The van der Waals surface area contributed by atoms with Gasteiger partial charge in [-0.1, -0.05) is 0 Å². The lowest BCUT2D eigenvalue weighted by atomic mass is 10.0. The lowest BCUT2D eigenvalue weighted by Crippen LogP contribution is -2.20. The predicted octanol–water partition coefficient (Wildman–Crippen LogP) is 3.68. The molecule has 4 nitrogen and oxygen atoms in total. The molecule has 0 saturated carbocycles. The van der Waals surface area contributed by atoms with Crippen molar-refractivity contribution < 1.29 is 18.9 Å². The third-order valence-corrected chi connectivity index (χ3v) is 3.96. The summed E-state index contributed by atoms with van der Waals surface area (Å²) in [5, 5.41) is 0. The van der Waals surface area contributed by atoms with Gasteiger partial charge in [0.15, 0.2) is 5.79 Å². The Morgan fingerprint density at radius 3 is 2.32 bits per heavy atom. The Bertz CT molecular complexity index is 473. The second kappa shape index (κ2) is 5.31. The topological polar surface area (TPSA) is 36.9 Å². The molecule has 106 valence electrons. The van der Waals surface area contributed by atoms with E-state index in [1.807, 2.05) is 32.9 Å². The van der Waals surface area contributed by atoms with E-state index in [1.54, 1.807) is 14.2 Å². The van der Waals surface area contributed by atoms with Gasteiger partial charge in [0.2, 0.25) is 0 Å². The van der Waals surface area contributed by atoms with E-state index in [0.717, 1.165) is 21.5 Å². The average Bonchev–Trinajstić information content (AvgIpc) is 2.63. The molecular formula is C14H19BrO4. The first-order valence-corrected chi connectivity index (χ1v) is 6.94. The van der Waals surface area contributed by atoms with Crippen molar-refractivity contribution in [2.24, 2.45) is 0 Å². The molecule has 0 spiro atoms. The van der Waals surface area contributed by atoms with Gasteiger partial charge in [0.25, 0.3) is 0 Å². The molecule has 0 radical (unpaired) electrons. The molecule has 0 amide bonds. The molecule has 0 bridgehead atoms. The van der Waals surface area contributed by atoms with Crippen LogP contribution in [-0.4, -0.2) is 26.1 Å². The quantitative estimate of drug-likeness (QED) is 0.847. The van der Waals surface area contributed by atoms with E-state index < -0.39 is 5.79 Å². The van der Waals surface area contributed by atoms with Crippen LogP contribution in [0.4, 0.5) is 0 Å². The molecule has 1 fully saturated rings. The summed E-state index contributed by atoms with van der Waals surface area (Å²) in [6.07, 6.45) is -0.198.